The van der Waals surface area contributed by atoms with E-state index in [1.807, 2.05) is 48.5 Å². The summed E-state index contributed by atoms with van der Waals surface area (Å²) in [5.41, 5.74) is 7.04. The lowest BCUT2D eigenvalue weighted by Crippen LogP contribution is -2.39. The second-order valence-electron chi connectivity index (χ2n) is 6.83. The van der Waals surface area contributed by atoms with Crippen LogP contribution in [0.1, 0.15) is 12.0 Å². The monoisotopic (exact) mass is 398 g/mol. The molecule has 0 amide bonds. The largest absolute Gasteiger partial charge is 0.493 e. The van der Waals surface area contributed by atoms with E-state index in [0.717, 1.165) is 57.1 Å². The topological polar surface area (TPSA) is 81.3 Å². The molecule has 0 atom stereocenters. The Morgan fingerprint density at radius 2 is 1.83 bits per heavy atom. The summed E-state index contributed by atoms with van der Waals surface area (Å²) in [6.07, 6.45) is 1.03. The van der Waals surface area contributed by atoms with Crippen molar-refractivity contribution in [3.05, 3.63) is 54.1 Å². The summed E-state index contributed by atoms with van der Waals surface area (Å²) in [5.74, 6) is 2.61. The third kappa shape index (κ3) is 6.96. The van der Waals surface area contributed by atoms with Gasteiger partial charge in [0, 0.05) is 19.6 Å². The number of nitrogens with one attached hydrogen (secondary N) is 1. The molecule has 1 aliphatic rings. The van der Waals surface area contributed by atoms with Gasteiger partial charge in [-0.25, -0.2) is 4.99 Å². The standard InChI is InChI=1S/C22H30N4O3/c1-27-20-5-2-3-6-21(20)29-19-9-7-18(8-10-19)17-25-22(23)24-11-4-12-26-13-15-28-16-14-26/h2-3,5-10H,4,11-17H2,1H3,(H3,23,24,25). The van der Waals surface area contributed by atoms with E-state index in [-0.39, 0.29) is 0 Å². The molecule has 2 aromatic carbocycles. The molecule has 0 unspecified atom stereocenters. The van der Waals surface area contributed by atoms with E-state index in [2.05, 4.69) is 15.2 Å². The molecule has 7 nitrogen and oxygen atoms in total. The maximum Gasteiger partial charge on any atom is 0.188 e. The molecule has 0 saturated carbocycles. The lowest BCUT2D eigenvalue weighted by molar-refractivity contribution is 0.0376. The quantitative estimate of drug-likeness (QED) is 0.384. The van der Waals surface area contributed by atoms with E-state index < -0.39 is 0 Å². The van der Waals surface area contributed by atoms with Crippen LogP contribution in [0, 0.1) is 0 Å². The number of aliphatic imine (C=N–C) groups is 1. The minimum absolute atomic E-state index is 0.473. The zero-order valence-corrected chi connectivity index (χ0v) is 17.0. The summed E-state index contributed by atoms with van der Waals surface area (Å²) in [5, 5.41) is 3.18. The van der Waals surface area contributed by atoms with Crippen molar-refractivity contribution in [3.63, 3.8) is 0 Å². The van der Waals surface area contributed by atoms with Gasteiger partial charge in [0.1, 0.15) is 5.75 Å². The molecular formula is C22H30N4O3. The fraction of sp³-hybridized carbons (Fsp3) is 0.409. The molecule has 0 aromatic heterocycles. The Morgan fingerprint density at radius 3 is 2.55 bits per heavy atom. The van der Waals surface area contributed by atoms with E-state index in [9.17, 15) is 0 Å². The minimum Gasteiger partial charge on any atom is -0.493 e. The number of hydrogen-bond donors (Lipinski definition) is 2. The van der Waals surface area contributed by atoms with E-state index in [4.69, 9.17) is 19.9 Å². The highest BCUT2D eigenvalue weighted by Crippen LogP contribution is 2.30. The SMILES string of the molecule is COc1ccccc1Oc1ccc(CN=C(N)NCCCN2CCOCC2)cc1. The third-order valence-corrected chi connectivity index (χ3v) is 4.71. The molecule has 0 aliphatic carbocycles. The van der Waals surface area contributed by atoms with Crippen LogP contribution >= 0.6 is 0 Å². The van der Waals surface area contributed by atoms with Crippen LogP contribution in [0.5, 0.6) is 17.2 Å². The van der Waals surface area contributed by atoms with Gasteiger partial charge in [-0.05, 0) is 42.8 Å². The van der Waals surface area contributed by atoms with Gasteiger partial charge in [0.15, 0.2) is 17.5 Å². The van der Waals surface area contributed by atoms with Crippen LogP contribution in [-0.4, -0.2) is 57.4 Å². The Morgan fingerprint density at radius 1 is 1.10 bits per heavy atom. The normalized spacial score (nSPS) is 15.1. The number of hydrogen-bond acceptors (Lipinski definition) is 5. The van der Waals surface area contributed by atoms with Crippen LogP contribution in [-0.2, 0) is 11.3 Å². The highest BCUT2D eigenvalue weighted by atomic mass is 16.5. The van der Waals surface area contributed by atoms with Gasteiger partial charge in [-0.2, -0.15) is 0 Å². The minimum atomic E-state index is 0.473. The van der Waals surface area contributed by atoms with Gasteiger partial charge < -0.3 is 25.3 Å². The molecular weight excluding hydrogens is 368 g/mol. The van der Waals surface area contributed by atoms with Gasteiger partial charge in [0.2, 0.25) is 0 Å². The van der Waals surface area contributed by atoms with Gasteiger partial charge in [-0.15, -0.1) is 0 Å². The molecule has 0 bridgehead atoms. The highest BCUT2D eigenvalue weighted by Gasteiger charge is 2.09. The fourth-order valence-electron chi connectivity index (χ4n) is 3.07. The molecule has 1 fully saturated rings. The Kier molecular flexibility index (Phi) is 8.15. The van der Waals surface area contributed by atoms with Crippen LogP contribution < -0.4 is 20.5 Å². The van der Waals surface area contributed by atoms with Crippen molar-refractivity contribution in [2.24, 2.45) is 10.7 Å². The predicted molar refractivity (Wildman–Crippen MR) is 115 cm³/mol. The molecule has 156 valence electrons. The summed E-state index contributed by atoms with van der Waals surface area (Å²) in [6.45, 7) is 6.09. The molecule has 0 radical (unpaired) electrons. The highest BCUT2D eigenvalue weighted by molar-refractivity contribution is 5.77. The number of benzene rings is 2. The van der Waals surface area contributed by atoms with Crippen LogP contribution in [0.2, 0.25) is 0 Å². The first kappa shape index (κ1) is 21.0. The van der Waals surface area contributed by atoms with E-state index in [1.54, 1.807) is 7.11 Å². The first-order valence-electron chi connectivity index (χ1n) is 9.98. The summed E-state index contributed by atoms with van der Waals surface area (Å²) < 4.78 is 16.6. The zero-order chi connectivity index (χ0) is 20.3. The number of ether oxygens (including phenoxy) is 3. The zero-order valence-electron chi connectivity index (χ0n) is 17.0. The molecule has 3 rings (SSSR count). The molecule has 29 heavy (non-hydrogen) atoms. The lowest BCUT2D eigenvalue weighted by Gasteiger charge is -2.26. The maximum absolute atomic E-state index is 5.97. The first-order valence-corrected chi connectivity index (χ1v) is 9.98. The predicted octanol–water partition coefficient (Wildman–Crippen LogP) is 2.61. The molecule has 3 N–H and O–H groups in total. The Hall–Kier alpha value is -2.77. The van der Waals surface area contributed by atoms with E-state index >= 15 is 0 Å². The molecule has 1 heterocycles. The van der Waals surface area contributed by atoms with Crippen LogP contribution in [0.15, 0.2) is 53.5 Å². The number of nitrogens with two attached hydrogens (primary N) is 1. The number of para-hydroxylation sites is 2. The van der Waals surface area contributed by atoms with Crippen LogP contribution in [0.3, 0.4) is 0 Å². The number of methoxy groups -OCH3 is 1. The number of rotatable bonds is 9. The summed E-state index contributed by atoms with van der Waals surface area (Å²) in [7, 11) is 1.63. The van der Waals surface area contributed by atoms with Gasteiger partial charge in [-0.1, -0.05) is 24.3 Å². The van der Waals surface area contributed by atoms with Gasteiger partial charge in [0.05, 0.1) is 26.9 Å². The van der Waals surface area contributed by atoms with Crippen molar-refractivity contribution in [1.82, 2.24) is 10.2 Å². The summed E-state index contributed by atoms with van der Waals surface area (Å²) in [6, 6.07) is 15.4. The third-order valence-electron chi connectivity index (χ3n) is 4.71. The van der Waals surface area contributed by atoms with Gasteiger partial charge in [0.25, 0.3) is 0 Å². The smallest absolute Gasteiger partial charge is 0.188 e. The maximum atomic E-state index is 5.97. The van der Waals surface area contributed by atoms with E-state index in [1.165, 1.54) is 0 Å². The van der Waals surface area contributed by atoms with Crippen molar-refractivity contribution < 1.29 is 14.2 Å². The second-order valence-corrected chi connectivity index (χ2v) is 6.83. The van der Waals surface area contributed by atoms with Gasteiger partial charge >= 0.3 is 0 Å². The van der Waals surface area contributed by atoms with Crippen LogP contribution in [0.25, 0.3) is 0 Å². The van der Waals surface area contributed by atoms with Crippen molar-refractivity contribution in [1.29, 1.82) is 0 Å². The van der Waals surface area contributed by atoms with Crippen molar-refractivity contribution in [2.45, 2.75) is 13.0 Å². The Labute approximate surface area is 172 Å². The van der Waals surface area contributed by atoms with Gasteiger partial charge in [-0.3, -0.25) is 4.90 Å². The Bertz CT molecular complexity index is 774. The molecule has 2 aromatic rings. The van der Waals surface area contributed by atoms with Crippen molar-refractivity contribution in [3.8, 4) is 17.2 Å². The molecule has 1 aliphatic heterocycles. The van der Waals surface area contributed by atoms with E-state index in [0.29, 0.717) is 24.0 Å². The number of morpholine rings is 1. The van der Waals surface area contributed by atoms with Crippen LogP contribution in [0.4, 0.5) is 0 Å². The Balaban J connectivity index is 1.40. The summed E-state index contributed by atoms with van der Waals surface area (Å²) >= 11 is 0. The van der Waals surface area contributed by atoms with Crippen molar-refractivity contribution >= 4 is 5.96 Å². The van der Waals surface area contributed by atoms with Crippen molar-refractivity contribution in [2.75, 3.05) is 46.5 Å². The molecule has 1 saturated heterocycles. The first-order chi connectivity index (χ1) is 14.2. The average molecular weight is 399 g/mol. The summed E-state index contributed by atoms with van der Waals surface area (Å²) in [4.78, 5) is 6.82. The fourth-order valence-corrected chi connectivity index (χ4v) is 3.07. The number of nitrogens with zero attached hydrogens (tertiary/aromatic N) is 2. The average Bonchev–Trinajstić information content (AvgIpc) is 2.77. The number of guanidine groups is 1. The lowest BCUT2D eigenvalue weighted by atomic mass is 10.2. The second kappa shape index (κ2) is 11.3. The molecule has 0 spiro atoms. The molecule has 7 heteroatoms.